The van der Waals surface area contributed by atoms with Crippen molar-refractivity contribution in [2.24, 2.45) is 12.4 Å². The normalized spacial score (nSPS) is 18.1. The lowest BCUT2D eigenvalue weighted by Gasteiger charge is -2.19. The van der Waals surface area contributed by atoms with Crippen molar-refractivity contribution in [2.75, 3.05) is 12.4 Å². The van der Waals surface area contributed by atoms with E-state index in [-0.39, 0.29) is 28.0 Å². The third-order valence-electron chi connectivity index (χ3n) is 5.66. The Bertz CT molecular complexity index is 1600. The molecule has 1 aromatic carbocycles. The van der Waals surface area contributed by atoms with Gasteiger partial charge in [0.05, 0.1) is 16.7 Å². The fourth-order valence-corrected chi connectivity index (χ4v) is 3.68. The number of aromatic nitrogens is 5. The number of aryl methyl sites for hydroxylation is 1. The third-order valence-corrected chi connectivity index (χ3v) is 5.66. The summed E-state index contributed by atoms with van der Waals surface area (Å²) in [7, 11) is -3.03. The summed E-state index contributed by atoms with van der Waals surface area (Å²) in [4.78, 5) is 25.3. The number of benzene rings is 1. The zero-order valence-electron chi connectivity index (χ0n) is 23.2. The van der Waals surface area contributed by atoms with Gasteiger partial charge in [-0.15, -0.1) is 0 Å². The second-order valence-corrected chi connectivity index (χ2v) is 7.76. The quantitative estimate of drug-likeness (QED) is 0.461. The first-order chi connectivity index (χ1) is 18.6. The molecular weight excluding hydrogens is 449 g/mol. The van der Waals surface area contributed by atoms with Gasteiger partial charge in [-0.25, -0.2) is 15.0 Å². The minimum Gasteiger partial charge on any atom is -0.493 e. The second-order valence-electron chi connectivity index (χ2n) is 7.76. The topological polar surface area (TPSA) is 94.8 Å². The molecule has 0 unspecified atom stereocenters. The lowest BCUT2D eigenvalue weighted by molar-refractivity contribution is -0.189. The third kappa shape index (κ3) is 3.53. The summed E-state index contributed by atoms with van der Waals surface area (Å²) in [5.41, 5.74) is -1.72. The standard InChI is InChI=1S/C23H19F3N6O2/c1-32-11-14(17(31-32)13-6-4-3-5-7-13)18-19-15(27-12-28-18)10-16(34-2)20(29-19)30-21(33)22(8-9-22)23(24,25)26/h3-7,10-12H,8-9H2,1-2H3,(H,29,30,33)/i1D3,2D3. The number of hydrogen-bond donors (Lipinski definition) is 1. The van der Waals surface area contributed by atoms with Crippen LogP contribution >= 0.6 is 0 Å². The lowest BCUT2D eigenvalue weighted by atomic mass is 10.0. The Kier molecular flexibility index (Phi) is 3.61. The molecule has 1 aliphatic carbocycles. The molecule has 0 spiro atoms. The molecule has 8 nitrogen and oxygen atoms in total. The van der Waals surface area contributed by atoms with E-state index in [2.05, 4.69) is 25.4 Å². The van der Waals surface area contributed by atoms with Crippen LogP contribution in [0.15, 0.2) is 48.9 Å². The summed E-state index contributed by atoms with van der Waals surface area (Å²) in [6.07, 6.45) is -3.38. The second kappa shape index (κ2) is 7.79. The van der Waals surface area contributed by atoms with E-state index in [0.29, 0.717) is 5.56 Å². The summed E-state index contributed by atoms with van der Waals surface area (Å²) in [6, 6.07) is 9.65. The van der Waals surface area contributed by atoms with Crippen LogP contribution in [-0.4, -0.2) is 43.9 Å². The largest absolute Gasteiger partial charge is 0.493 e. The number of amides is 1. The molecule has 0 saturated heterocycles. The van der Waals surface area contributed by atoms with Crippen LogP contribution in [0.25, 0.3) is 33.5 Å². The number of pyridine rings is 1. The molecule has 174 valence electrons. The number of rotatable bonds is 5. The molecule has 3 heterocycles. The average Bonchev–Trinajstić information content (AvgIpc) is 3.56. The Morgan fingerprint density at radius 2 is 2.00 bits per heavy atom. The minimum atomic E-state index is -4.83. The van der Waals surface area contributed by atoms with Crippen molar-refractivity contribution in [3.8, 4) is 28.3 Å². The predicted molar refractivity (Wildman–Crippen MR) is 118 cm³/mol. The number of alkyl halides is 3. The molecular formula is C23H19F3N6O2. The maximum Gasteiger partial charge on any atom is 0.403 e. The molecule has 0 atom stereocenters. The number of nitrogens with one attached hydrogen (secondary N) is 1. The zero-order valence-corrected chi connectivity index (χ0v) is 17.2. The molecule has 0 aliphatic heterocycles. The van der Waals surface area contributed by atoms with Gasteiger partial charge in [-0.3, -0.25) is 9.48 Å². The van der Waals surface area contributed by atoms with Gasteiger partial charge in [0.15, 0.2) is 11.6 Å². The van der Waals surface area contributed by atoms with Crippen molar-refractivity contribution < 1.29 is 30.9 Å². The van der Waals surface area contributed by atoms with E-state index in [4.69, 9.17) is 13.0 Å². The van der Waals surface area contributed by atoms with E-state index in [1.165, 1.54) is 6.20 Å². The molecule has 34 heavy (non-hydrogen) atoms. The van der Waals surface area contributed by atoms with Crippen LogP contribution in [0.4, 0.5) is 19.0 Å². The first-order valence-corrected chi connectivity index (χ1v) is 9.98. The number of nitrogens with zero attached hydrogens (tertiary/aromatic N) is 5. The van der Waals surface area contributed by atoms with Crippen molar-refractivity contribution in [3.63, 3.8) is 0 Å². The van der Waals surface area contributed by atoms with Crippen LogP contribution in [0.3, 0.4) is 0 Å². The average molecular weight is 474 g/mol. The van der Waals surface area contributed by atoms with Crippen molar-refractivity contribution in [2.45, 2.75) is 19.0 Å². The molecule has 3 aromatic heterocycles. The molecule has 1 saturated carbocycles. The molecule has 4 aromatic rings. The number of anilines is 1. The number of halogens is 3. The number of carbonyl (C=O) groups is 1. The van der Waals surface area contributed by atoms with E-state index < -0.39 is 55.9 Å². The van der Waals surface area contributed by atoms with Crippen molar-refractivity contribution in [1.82, 2.24) is 24.7 Å². The molecule has 1 N–H and O–H groups in total. The number of fused-ring (bicyclic) bond motifs is 1. The van der Waals surface area contributed by atoms with Gasteiger partial charge in [-0.1, -0.05) is 30.3 Å². The summed E-state index contributed by atoms with van der Waals surface area (Å²) in [5, 5.41) is 6.29. The Hall–Kier alpha value is -4.02. The van der Waals surface area contributed by atoms with Crippen molar-refractivity contribution >= 4 is 22.8 Å². The van der Waals surface area contributed by atoms with Gasteiger partial charge in [0.2, 0.25) is 5.91 Å². The number of ether oxygens (including phenoxy) is 1. The monoisotopic (exact) mass is 474 g/mol. The Labute approximate surface area is 200 Å². The van der Waals surface area contributed by atoms with Crippen LogP contribution < -0.4 is 10.1 Å². The summed E-state index contributed by atoms with van der Waals surface area (Å²) in [5.74, 6) is -2.55. The van der Waals surface area contributed by atoms with Crippen LogP contribution in [-0.2, 0) is 11.8 Å². The van der Waals surface area contributed by atoms with Crippen molar-refractivity contribution in [3.05, 3.63) is 48.9 Å². The summed E-state index contributed by atoms with van der Waals surface area (Å²) in [6.45, 7) is -2.66. The Morgan fingerprint density at radius 1 is 1.21 bits per heavy atom. The maximum absolute atomic E-state index is 13.6. The van der Waals surface area contributed by atoms with E-state index in [0.717, 1.165) is 17.1 Å². The highest BCUT2D eigenvalue weighted by Crippen LogP contribution is 2.58. The van der Waals surface area contributed by atoms with Crippen LogP contribution in [0.1, 0.15) is 21.1 Å². The number of hydrogen-bond acceptors (Lipinski definition) is 6. The molecule has 0 radical (unpaired) electrons. The smallest absolute Gasteiger partial charge is 0.403 e. The van der Waals surface area contributed by atoms with Gasteiger partial charge in [0, 0.05) is 34.5 Å². The van der Waals surface area contributed by atoms with Gasteiger partial charge < -0.3 is 10.1 Å². The zero-order chi connectivity index (χ0) is 29.1. The fourth-order valence-electron chi connectivity index (χ4n) is 3.68. The van der Waals surface area contributed by atoms with Gasteiger partial charge in [0.25, 0.3) is 0 Å². The van der Waals surface area contributed by atoms with E-state index in [1.54, 1.807) is 30.3 Å². The Balaban J connectivity index is 1.70. The molecule has 1 fully saturated rings. The first kappa shape index (κ1) is 15.8. The van der Waals surface area contributed by atoms with Gasteiger partial charge in [-0.2, -0.15) is 18.3 Å². The SMILES string of the molecule is [2H]C([2H])([2H])Oc1cc2ncnc(-c3cn(C([2H])([2H])[2H])nc3-c3ccccc3)c2nc1NC(=O)C1(C(F)(F)F)CC1. The maximum atomic E-state index is 13.6. The van der Waals surface area contributed by atoms with Gasteiger partial charge >= 0.3 is 6.18 Å². The van der Waals surface area contributed by atoms with Gasteiger partial charge in [-0.05, 0) is 12.8 Å². The van der Waals surface area contributed by atoms with Gasteiger partial charge in [0.1, 0.15) is 28.6 Å². The highest BCUT2D eigenvalue weighted by molar-refractivity contribution is 6.00. The summed E-state index contributed by atoms with van der Waals surface area (Å²) >= 11 is 0. The fraction of sp³-hybridized carbons (Fsp3) is 0.261. The lowest BCUT2D eigenvalue weighted by Crippen LogP contribution is -2.37. The van der Waals surface area contributed by atoms with E-state index in [1.807, 2.05) is 0 Å². The van der Waals surface area contributed by atoms with Crippen LogP contribution in [0, 0.1) is 5.41 Å². The number of carbonyl (C=O) groups excluding carboxylic acids is 1. The summed E-state index contributed by atoms with van der Waals surface area (Å²) < 4.78 is 92.1. The van der Waals surface area contributed by atoms with Crippen LogP contribution in [0.5, 0.6) is 5.75 Å². The van der Waals surface area contributed by atoms with Crippen molar-refractivity contribution in [1.29, 1.82) is 0 Å². The number of methoxy groups -OCH3 is 1. The molecule has 11 heteroatoms. The highest BCUT2D eigenvalue weighted by Gasteiger charge is 2.68. The predicted octanol–water partition coefficient (Wildman–Crippen LogP) is 4.38. The molecule has 1 aliphatic rings. The molecule has 0 bridgehead atoms. The minimum absolute atomic E-state index is 0.0138. The van der Waals surface area contributed by atoms with E-state index >= 15 is 0 Å². The van der Waals surface area contributed by atoms with E-state index in [9.17, 15) is 18.0 Å². The molecule has 1 amide bonds. The first-order valence-electron chi connectivity index (χ1n) is 13.0. The van der Waals surface area contributed by atoms with Crippen LogP contribution in [0.2, 0.25) is 0 Å². The highest BCUT2D eigenvalue weighted by atomic mass is 19.4. The molecule has 5 rings (SSSR count). The Morgan fingerprint density at radius 3 is 2.68 bits per heavy atom.